The summed E-state index contributed by atoms with van der Waals surface area (Å²) in [5.41, 5.74) is 2.02. The van der Waals surface area contributed by atoms with Crippen LogP contribution in [0.5, 0.6) is 0 Å². The van der Waals surface area contributed by atoms with Gasteiger partial charge < -0.3 is 5.32 Å². The summed E-state index contributed by atoms with van der Waals surface area (Å²) in [5, 5.41) is 10.8. The van der Waals surface area contributed by atoms with Gasteiger partial charge in [-0.05, 0) is 24.3 Å². The van der Waals surface area contributed by atoms with Crippen molar-refractivity contribution in [3.63, 3.8) is 0 Å². The number of hydrogen-bond acceptors (Lipinski definition) is 3. The summed E-state index contributed by atoms with van der Waals surface area (Å²) in [6.45, 7) is 0. The molecule has 1 aromatic carbocycles. The van der Waals surface area contributed by atoms with Crippen LogP contribution in [0, 0.1) is 0 Å². The molecular weight excluding hydrogens is 264 g/mol. The van der Waals surface area contributed by atoms with Crippen LogP contribution in [0.2, 0.25) is 5.15 Å². The zero-order valence-electron chi connectivity index (χ0n) is 9.72. The minimum atomic E-state index is -0.238. The summed E-state index contributed by atoms with van der Waals surface area (Å²) in [4.78, 5) is 15.9. The van der Waals surface area contributed by atoms with Crippen molar-refractivity contribution in [3.8, 4) is 0 Å². The van der Waals surface area contributed by atoms with Crippen molar-refractivity contribution in [1.82, 2.24) is 15.2 Å². The smallest absolute Gasteiger partial charge is 0.255 e. The predicted molar refractivity (Wildman–Crippen MR) is 73.3 cm³/mol. The number of nitrogens with zero attached hydrogens (tertiary/aromatic N) is 2. The molecule has 0 bridgehead atoms. The third kappa shape index (κ3) is 2.28. The Labute approximate surface area is 113 Å². The molecule has 0 saturated heterocycles. The molecule has 19 heavy (non-hydrogen) atoms. The minimum Gasteiger partial charge on any atom is -0.321 e. The van der Waals surface area contributed by atoms with Crippen LogP contribution in [0.4, 0.5) is 5.69 Å². The molecule has 5 nitrogen and oxygen atoms in total. The molecule has 0 aliphatic carbocycles. The van der Waals surface area contributed by atoms with E-state index in [-0.39, 0.29) is 11.1 Å². The molecular formula is C13H9ClN4O. The molecule has 2 aromatic heterocycles. The molecule has 0 aliphatic heterocycles. The van der Waals surface area contributed by atoms with Crippen molar-refractivity contribution in [2.75, 3.05) is 5.32 Å². The number of amides is 1. The second-order valence-electron chi connectivity index (χ2n) is 3.96. The summed E-state index contributed by atoms with van der Waals surface area (Å²) in [6.07, 6.45) is 3.17. The Kier molecular flexibility index (Phi) is 2.89. The van der Waals surface area contributed by atoms with Crippen LogP contribution >= 0.6 is 11.6 Å². The average Bonchev–Trinajstić information content (AvgIpc) is 2.88. The summed E-state index contributed by atoms with van der Waals surface area (Å²) in [5.74, 6) is -0.238. The second-order valence-corrected chi connectivity index (χ2v) is 4.35. The fourth-order valence-electron chi connectivity index (χ4n) is 1.82. The van der Waals surface area contributed by atoms with Gasteiger partial charge in [-0.3, -0.25) is 9.89 Å². The van der Waals surface area contributed by atoms with E-state index in [9.17, 15) is 4.79 Å². The SMILES string of the molecule is O=C(Nc1cccc2[nH]ncc12)c1ccnc(Cl)c1. The molecule has 0 fully saturated rings. The van der Waals surface area contributed by atoms with Gasteiger partial charge in [0.1, 0.15) is 5.15 Å². The van der Waals surface area contributed by atoms with Crippen LogP contribution in [-0.2, 0) is 0 Å². The number of hydrogen-bond donors (Lipinski definition) is 2. The minimum absolute atomic E-state index is 0.238. The molecule has 94 valence electrons. The monoisotopic (exact) mass is 272 g/mol. The standard InChI is InChI=1S/C13H9ClN4O/c14-12-6-8(4-5-15-12)13(19)17-10-2-1-3-11-9(10)7-16-18-11/h1-7H,(H,16,18)(H,17,19). The van der Waals surface area contributed by atoms with E-state index in [0.29, 0.717) is 11.3 Å². The maximum Gasteiger partial charge on any atom is 0.255 e. The molecule has 3 rings (SSSR count). The second kappa shape index (κ2) is 4.70. The maximum absolute atomic E-state index is 12.1. The number of benzene rings is 1. The van der Waals surface area contributed by atoms with Gasteiger partial charge in [-0.25, -0.2) is 4.98 Å². The number of fused-ring (bicyclic) bond motifs is 1. The van der Waals surface area contributed by atoms with Gasteiger partial charge in [-0.2, -0.15) is 5.10 Å². The number of nitrogens with one attached hydrogen (secondary N) is 2. The maximum atomic E-state index is 12.1. The van der Waals surface area contributed by atoms with Crippen LogP contribution in [0.25, 0.3) is 10.9 Å². The zero-order valence-corrected chi connectivity index (χ0v) is 10.5. The zero-order chi connectivity index (χ0) is 13.2. The lowest BCUT2D eigenvalue weighted by molar-refractivity contribution is 0.102. The van der Waals surface area contributed by atoms with Crippen LogP contribution < -0.4 is 5.32 Å². The molecule has 2 N–H and O–H groups in total. The normalized spacial score (nSPS) is 10.6. The lowest BCUT2D eigenvalue weighted by atomic mass is 10.2. The van der Waals surface area contributed by atoms with Gasteiger partial charge in [0.05, 0.1) is 17.4 Å². The number of pyridine rings is 1. The van der Waals surface area contributed by atoms with Crippen LogP contribution in [0.1, 0.15) is 10.4 Å². The molecule has 0 unspecified atom stereocenters. The van der Waals surface area contributed by atoms with E-state index >= 15 is 0 Å². The lowest BCUT2D eigenvalue weighted by Gasteiger charge is -2.06. The number of rotatable bonds is 2. The third-order valence-corrected chi connectivity index (χ3v) is 2.93. The first-order chi connectivity index (χ1) is 9.24. The first-order valence-corrected chi connectivity index (χ1v) is 5.97. The highest BCUT2D eigenvalue weighted by Crippen LogP contribution is 2.21. The molecule has 0 atom stereocenters. The van der Waals surface area contributed by atoms with Crippen molar-refractivity contribution >= 4 is 34.1 Å². The summed E-state index contributed by atoms with van der Waals surface area (Å²) in [7, 11) is 0. The molecule has 0 saturated carbocycles. The van der Waals surface area contributed by atoms with Gasteiger partial charge in [-0.15, -0.1) is 0 Å². The van der Waals surface area contributed by atoms with Crippen molar-refractivity contribution in [1.29, 1.82) is 0 Å². The first-order valence-electron chi connectivity index (χ1n) is 5.59. The summed E-state index contributed by atoms with van der Waals surface area (Å²) >= 11 is 5.76. The molecule has 6 heteroatoms. The number of aromatic nitrogens is 3. The highest BCUT2D eigenvalue weighted by molar-refractivity contribution is 6.29. The molecule has 0 radical (unpaired) electrons. The van der Waals surface area contributed by atoms with Crippen molar-refractivity contribution in [3.05, 3.63) is 53.4 Å². The number of aromatic amines is 1. The highest BCUT2D eigenvalue weighted by atomic mass is 35.5. The van der Waals surface area contributed by atoms with E-state index in [4.69, 9.17) is 11.6 Å². The van der Waals surface area contributed by atoms with Crippen LogP contribution in [-0.4, -0.2) is 21.1 Å². The number of halogens is 1. The number of anilines is 1. The van der Waals surface area contributed by atoms with E-state index < -0.39 is 0 Å². The Morgan fingerprint density at radius 2 is 2.21 bits per heavy atom. The van der Waals surface area contributed by atoms with E-state index in [1.165, 1.54) is 12.3 Å². The van der Waals surface area contributed by atoms with Crippen molar-refractivity contribution in [2.45, 2.75) is 0 Å². The highest BCUT2D eigenvalue weighted by Gasteiger charge is 2.09. The average molecular weight is 273 g/mol. The van der Waals surface area contributed by atoms with Crippen LogP contribution in [0.15, 0.2) is 42.7 Å². The van der Waals surface area contributed by atoms with Gasteiger partial charge in [0.15, 0.2) is 0 Å². The first kappa shape index (κ1) is 11.7. The predicted octanol–water partition coefficient (Wildman–Crippen LogP) is 2.86. The summed E-state index contributed by atoms with van der Waals surface area (Å²) < 4.78 is 0. The van der Waals surface area contributed by atoms with Crippen molar-refractivity contribution < 1.29 is 4.79 Å². The Hall–Kier alpha value is -2.40. The van der Waals surface area contributed by atoms with E-state index in [2.05, 4.69) is 20.5 Å². The quantitative estimate of drug-likeness (QED) is 0.705. The number of carbonyl (C=O) groups is 1. The fourth-order valence-corrected chi connectivity index (χ4v) is 1.99. The van der Waals surface area contributed by atoms with Gasteiger partial charge in [0.25, 0.3) is 5.91 Å². The van der Waals surface area contributed by atoms with Gasteiger partial charge in [-0.1, -0.05) is 17.7 Å². The van der Waals surface area contributed by atoms with E-state index in [1.807, 2.05) is 18.2 Å². The van der Waals surface area contributed by atoms with Crippen molar-refractivity contribution in [2.24, 2.45) is 0 Å². The number of H-pyrrole nitrogens is 1. The Balaban J connectivity index is 1.93. The Morgan fingerprint density at radius 3 is 3.05 bits per heavy atom. The lowest BCUT2D eigenvalue weighted by Crippen LogP contribution is -2.12. The number of carbonyl (C=O) groups excluding carboxylic acids is 1. The summed E-state index contributed by atoms with van der Waals surface area (Å²) in [6, 6.07) is 8.68. The Morgan fingerprint density at radius 1 is 1.32 bits per heavy atom. The third-order valence-electron chi connectivity index (χ3n) is 2.72. The van der Waals surface area contributed by atoms with E-state index in [0.717, 1.165) is 10.9 Å². The molecule has 2 heterocycles. The van der Waals surface area contributed by atoms with Gasteiger partial charge in [0.2, 0.25) is 0 Å². The Bertz CT molecular complexity index is 753. The van der Waals surface area contributed by atoms with E-state index in [1.54, 1.807) is 12.3 Å². The van der Waals surface area contributed by atoms with Crippen LogP contribution in [0.3, 0.4) is 0 Å². The van der Waals surface area contributed by atoms with Gasteiger partial charge in [0, 0.05) is 17.1 Å². The topological polar surface area (TPSA) is 70.7 Å². The fraction of sp³-hybridized carbons (Fsp3) is 0. The molecule has 0 aliphatic rings. The largest absolute Gasteiger partial charge is 0.321 e. The molecule has 1 amide bonds. The van der Waals surface area contributed by atoms with Gasteiger partial charge >= 0.3 is 0 Å². The molecule has 3 aromatic rings. The molecule has 0 spiro atoms.